The van der Waals surface area contributed by atoms with Gasteiger partial charge in [0, 0.05) is 12.0 Å². The Labute approximate surface area is 77.4 Å². The highest BCUT2D eigenvalue weighted by molar-refractivity contribution is 8.01. The number of carboxylic acids is 1. The Hall–Kier alpha value is -1.30. The maximum atomic E-state index is 10.9. The highest BCUT2D eigenvalue weighted by Gasteiger charge is 2.48. The molecule has 0 radical (unpaired) electrons. The number of carbonyl (C=O) groups is 3. The minimum Gasteiger partial charge on any atom is -0.478 e. The van der Waals surface area contributed by atoms with Gasteiger partial charge in [-0.3, -0.25) is 14.5 Å². The number of aliphatic carboxylic acids is 1. The van der Waals surface area contributed by atoms with E-state index < -0.39 is 23.0 Å². The molecule has 2 aliphatic heterocycles. The average Bonchev–Trinajstić information content (AvgIpc) is 2.15. The summed E-state index contributed by atoms with van der Waals surface area (Å²) in [5.41, 5.74) is 0.155. The lowest BCUT2D eigenvalue weighted by Gasteiger charge is -2.38. The first-order valence-electron chi connectivity index (χ1n) is 3.53. The number of amides is 1. The number of thioether (sulfide) groups is 1. The monoisotopic (exact) mass is 199 g/mol. The van der Waals surface area contributed by atoms with Crippen LogP contribution in [0.15, 0.2) is 11.8 Å². The first kappa shape index (κ1) is 8.31. The van der Waals surface area contributed by atoms with Crippen LogP contribution in [0.4, 0.5) is 0 Å². The number of β-lactam (4-membered cyclic amide) rings is 1. The molecule has 0 aromatic rings. The normalized spacial score (nSPS) is 26.3. The first-order chi connectivity index (χ1) is 6.11. The van der Waals surface area contributed by atoms with E-state index in [4.69, 9.17) is 5.11 Å². The second-order valence-electron chi connectivity index (χ2n) is 2.70. The summed E-state index contributed by atoms with van der Waals surface area (Å²) in [6.07, 6.45) is 1.24. The van der Waals surface area contributed by atoms with Crippen molar-refractivity contribution < 1.29 is 19.5 Å². The van der Waals surface area contributed by atoms with Gasteiger partial charge in [-0.25, -0.2) is 4.79 Å². The van der Waals surface area contributed by atoms with E-state index in [0.29, 0.717) is 0 Å². The van der Waals surface area contributed by atoms with Crippen LogP contribution in [0.25, 0.3) is 0 Å². The molecule has 6 heteroatoms. The predicted molar refractivity (Wildman–Crippen MR) is 43.8 cm³/mol. The topological polar surface area (TPSA) is 74.7 Å². The Morgan fingerprint density at radius 2 is 2.31 bits per heavy atom. The highest BCUT2D eigenvalue weighted by Crippen LogP contribution is 2.32. The van der Waals surface area contributed by atoms with Gasteiger partial charge in [-0.05, 0) is 0 Å². The summed E-state index contributed by atoms with van der Waals surface area (Å²) in [4.78, 5) is 33.5. The fourth-order valence-electron chi connectivity index (χ4n) is 1.17. The van der Waals surface area contributed by atoms with Crippen molar-refractivity contribution in [3.8, 4) is 0 Å². The number of Topliss-reactive ketones (excluding diaryl/α,β-unsaturated/α-hetero) is 1. The lowest BCUT2D eigenvalue weighted by molar-refractivity contribution is -0.153. The first-order valence-corrected chi connectivity index (χ1v) is 4.58. The molecule has 1 fully saturated rings. The molecule has 0 aromatic heterocycles. The quantitative estimate of drug-likeness (QED) is 0.452. The highest BCUT2D eigenvalue weighted by atomic mass is 32.2. The molecule has 0 aliphatic carbocycles. The van der Waals surface area contributed by atoms with Crippen molar-refractivity contribution in [3.63, 3.8) is 0 Å². The molecular weight excluding hydrogens is 194 g/mol. The lowest BCUT2D eigenvalue weighted by Crippen LogP contribution is -2.59. The number of hydrogen-bond acceptors (Lipinski definition) is 4. The van der Waals surface area contributed by atoms with Gasteiger partial charge in [0.15, 0.2) is 5.37 Å². The number of fused-ring (bicyclic) bond motifs is 1. The zero-order valence-electron chi connectivity index (χ0n) is 6.39. The number of nitrogens with zero attached hydrogens (tertiary/aromatic N) is 1. The molecule has 13 heavy (non-hydrogen) atoms. The number of hydrogen-bond donors (Lipinski definition) is 1. The van der Waals surface area contributed by atoms with Crippen molar-refractivity contribution in [2.45, 2.75) is 5.37 Å². The maximum Gasteiger partial charge on any atom is 0.333 e. The minimum atomic E-state index is -1.04. The fraction of sp³-hybridized carbons (Fsp3) is 0.286. The van der Waals surface area contributed by atoms with Gasteiger partial charge in [0.1, 0.15) is 0 Å². The van der Waals surface area contributed by atoms with Crippen molar-refractivity contribution in [2.24, 2.45) is 0 Å². The fourth-order valence-corrected chi connectivity index (χ4v) is 2.28. The summed E-state index contributed by atoms with van der Waals surface area (Å²) in [5, 5.41) is 8.14. The molecule has 1 amide bonds. The third-order valence-corrected chi connectivity index (χ3v) is 3.12. The van der Waals surface area contributed by atoms with Crippen LogP contribution >= 0.6 is 11.8 Å². The van der Waals surface area contributed by atoms with Crippen LogP contribution in [0.2, 0.25) is 0 Å². The third kappa shape index (κ3) is 1.06. The van der Waals surface area contributed by atoms with Gasteiger partial charge in [-0.2, -0.15) is 0 Å². The maximum absolute atomic E-state index is 10.9. The summed E-state index contributed by atoms with van der Waals surface area (Å²) in [7, 11) is 0. The minimum absolute atomic E-state index is 0.155. The van der Waals surface area contributed by atoms with Gasteiger partial charge in [0.05, 0.1) is 5.57 Å². The Kier molecular flexibility index (Phi) is 1.66. The molecule has 2 heterocycles. The summed E-state index contributed by atoms with van der Waals surface area (Å²) in [5.74, 6) is -1.82. The largest absolute Gasteiger partial charge is 0.478 e. The van der Waals surface area contributed by atoms with Crippen LogP contribution in [-0.4, -0.2) is 38.8 Å². The SMILES string of the molecule is O=C(O)C1=CN2C(=O)C(=O)[C@H]2SC1. The van der Waals surface area contributed by atoms with Crippen LogP contribution in [-0.2, 0) is 14.4 Å². The molecule has 0 unspecified atom stereocenters. The van der Waals surface area contributed by atoms with Gasteiger partial charge in [0.2, 0.25) is 0 Å². The molecular formula is C7H5NO4S. The van der Waals surface area contributed by atoms with Gasteiger partial charge in [-0.15, -0.1) is 11.8 Å². The van der Waals surface area contributed by atoms with Crippen molar-refractivity contribution in [2.75, 3.05) is 5.75 Å². The van der Waals surface area contributed by atoms with Gasteiger partial charge >= 0.3 is 5.97 Å². The molecule has 2 rings (SSSR count). The molecule has 1 N–H and O–H groups in total. The van der Waals surface area contributed by atoms with E-state index in [1.807, 2.05) is 0 Å². The molecule has 0 bridgehead atoms. The van der Waals surface area contributed by atoms with E-state index in [2.05, 4.69) is 0 Å². The van der Waals surface area contributed by atoms with E-state index in [1.54, 1.807) is 0 Å². The summed E-state index contributed by atoms with van der Waals surface area (Å²) in [6.45, 7) is 0. The summed E-state index contributed by atoms with van der Waals surface area (Å²) >= 11 is 1.17. The van der Waals surface area contributed by atoms with Crippen LogP contribution in [0.3, 0.4) is 0 Å². The van der Waals surface area contributed by atoms with Gasteiger partial charge in [-0.1, -0.05) is 0 Å². The Bertz CT molecular complexity index is 348. The zero-order valence-corrected chi connectivity index (χ0v) is 7.21. The lowest BCUT2D eigenvalue weighted by atomic mass is 10.1. The molecule has 1 saturated heterocycles. The number of rotatable bonds is 1. The predicted octanol–water partition coefficient (Wildman–Crippen LogP) is -0.561. The van der Waals surface area contributed by atoms with E-state index in [9.17, 15) is 14.4 Å². The Morgan fingerprint density at radius 3 is 2.92 bits per heavy atom. The molecule has 0 spiro atoms. The summed E-state index contributed by atoms with van der Waals surface area (Å²) in [6, 6.07) is 0. The number of ketones is 1. The second kappa shape index (κ2) is 2.59. The van der Waals surface area contributed by atoms with E-state index in [0.717, 1.165) is 0 Å². The number of carbonyl (C=O) groups excluding carboxylic acids is 2. The summed E-state index contributed by atoms with van der Waals surface area (Å²) < 4.78 is 0. The molecule has 0 saturated carbocycles. The van der Waals surface area contributed by atoms with Gasteiger partial charge in [0.25, 0.3) is 11.7 Å². The third-order valence-electron chi connectivity index (χ3n) is 1.89. The van der Waals surface area contributed by atoms with Crippen molar-refractivity contribution in [1.29, 1.82) is 0 Å². The molecule has 0 aromatic carbocycles. The van der Waals surface area contributed by atoms with Crippen LogP contribution < -0.4 is 0 Å². The zero-order chi connectivity index (χ0) is 9.59. The van der Waals surface area contributed by atoms with Crippen LogP contribution in [0.1, 0.15) is 0 Å². The van der Waals surface area contributed by atoms with Crippen molar-refractivity contribution >= 4 is 29.4 Å². The second-order valence-corrected chi connectivity index (χ2v) is 3.77. The van der Waals surface area contributed by atoms with Crippen molar-refractivity contribution in [3.05, 3.63) is 11.8 Å². The van der Waals surface area contributed by atoms with Crippen molar-refractivity contribution in [1.82, 2.24) is 4.90 Å². The Balaban J connectivity index is 2.24. The average molecular weight is 199 g/mol. The molecule has 1 atom stereocenters. The van der Waals surface area contributed by atoms with Gasteiger partial charge < -0.3 is 5.11 Å². The molecule has 68 valence electrons. The Morgan fingerprint density at radius 1 is 1.62 bits per heavy atom. The van der Waals surface area contributed by atoms with E-state index in [-0.39, 0.29) is 11.3 Å². The van der Waals surface area contributed by atoms with E-state index >= 15 is 0 Å². The molecule has 2 aliphatic rings. The molecule has 5 nitrogen and oxygen atoms in total. The standard InChI is InChI=1S/C7H5NO4S/c9-4-5(10)8-1-3(7(11)12)2-13-6(4)8/h1,6H,2H2,(H,11,12)/t6-/m1/s1. The van der Waals surface area contributed by atoms with Crippen LogP contribution in [0, 0.1) is 0 Å². The van der Waals surface area contributed by atoms with Crippen LogP contribution in [0.5, 0.6) is 0 Å². The number of carboxylic acid groups (broad SMARTS) is 1. The smallest absolute Gasteiger partial charge is 0.333 e. The van der Waals surface area contributed by atoms with E-state index in [1.165, 1.54) is 22.9 Å².